The average Bonchev–Trinajstić information content (AvgIpc) is 3.98. The van der Waals surface area contributed by atoms with Crippen LogP contribution in [0.5, 0.6) is 0 Å². The second-order valence-corrected chi connectivity index (χ2v) is 16.4. The third-order valence-electron chi connectivity index (χ3n) is 11.8. The standard InChI is InChI=1S/C57H35N3O2.2C3H6/c1-2-12-40(13-3-1)57-59-51(39-29-25-37(26-30-39)36-23-27-38(28-24-36)50-20-8-9-31-58-50)35-52(60-57)43-33-41(44-16-10-18-48-46-14-4-6-21-53(46)61-55(44)48)32-42(34-43)45-17-11-19-49-47-15-5-7-22-54(47)62-56(45)49;2*1-3-2/h1-35H;2*3H,1H2,2H3. The van der Waals surface area contributed by atoms with Gasteiger partial charge in [0.1, 0.15) is 22.3 Å². The van der Waals surface area contributed by atoms with Crippen LogP contribution in [0.1, 0.15) is 13.8 Å². The third-order valence-corrected chi connectivity index (χ3v) is 11.8. The van der Waals surface area contributed by atoms with Gasteiger partial charge in [-0.25, -0.2) is 9.97 Å². The van der Waals surface area contributed by atoms with Crippen molar-refractivity contribution in [2.45, 2.75) is 13.8 Å². The number of hydrogen-bond donors (Lipinski definition) is 0. The summed E-state index contributed by atoms with van der Waals surface area (Å²) in [5.41, 5.74) is 16.2. The Morgan fingerprint density at radius 1 is 0.353 bits per heavy atom. The molecule has 0 amide bonds. The number of fused-ring (bicyclic) bond motifs is 6. The molecule has 326 valence electrons. The number of nitrogens with zero attached hydrogens (tertiary/aromatic N) is 3. The van der Waals surface area contributed by atoms with Crippen LogP contribution in [-0.4, -0.2) is 15.0 Å². The number of para-hydroxylation sites is 4. The van der Waals surface area contributed by atoms with Crippen molar-refractivity contribution >= 4 is 43.9 Å². The smallest absolute Gasteiger partial charge is 0.160 e. The van der Waals surface area contributed by atoms with Crippen LogP contribution in [0.4, 0.5) is 0 Å². The molecule has 8 aromatic carbocycles. The number of rotatable bonds is 7. The molecule has 4 aromatic heterocycles. The Morgan fingerprint density at radius 2 is 0.779 bits per heavy atom. The molecule has 0 unspecified atom stereocenters. The van der Waals surface area contributed by atoms with Crippen molar-refractivity contribution < 1.29 is 8.83 Å². The second-order valence-electron chi connectivity index (χ2n) is 16.4. The van der Waals surface area contributed by atoms with E-state index in [0.717, 1.165) is 117 Å². The van der Waals surface area contributed by atoms with Gasteiger partial charge in [0.2, 0.25) is 0 Å². The molecule has 0 spiro atoms. The molecule has 0 saturated heterocycles. The Balaban J connectivity index is 0.000000856. The maximum Gasteiger partial charge on any atom is 0.160 e. The molecular weight excluding hydrogens is 831 g/mol. The molecule has 0 fully saturated rings. The van der Waals surface area contributed by atoms with Gasteiger partial charge in [-0.3, -0.25) is 4.98 Å². The van der Waals surface area contributed by atoms with Gasteiger partial charge in [0.25, 0.3) is 0 Å². The van der Waals surface area contributed by atoms with Crippen LogP contribution < -0.4 is 0 Å². The first-order chi connectivity index (χ1) is 33.5. The Morgan fingerprint density at radius 3 is 1.29 bits per heavy atom. The van der Waals surface area contributed by atoms with Gasteiger partial charge >= 0.3 is 0 Å². The molecule has 0 aliphatic carbocycles. The molecule has 12 rings (SSSR count). The van der Waals surface area contributed by atoms with Gasteiger partial charge in [-0.15, -0.1) is 13.2 Å². The van der Waals surface area contributed by atoms with E-state index < -0.39 is 0 Å². The molecule has 12 aromatic rings. The predicted molar refractivity (Wildman–Crippen MR) is 284 cm³/mol. The number of furan rings is 2. The summed E-state index contributed by atoms with van der Waals surface area (Å²) in [4.78, 5) is 15.0. The number of pyridine rings is 1. The molecule has 0 aliphatic heterocycles. The fraction of sp³-hybridized carbons (Fsp3) is 0.0317. The Labute approximate surface area is 396 Å². The van der Waals surface area contributed by atoms with E-state index >= 15 is 0 Å². The van der Waals surface area contributed by atoms with Crippen LogP contribution in [0.25, 0.3) is 122 Å². The van der Waals surface area contributed by atoms with Gasteiger partial charge in [-0.05, 0) is 84.6 Å². The lowest BCUT2D eigenvalue weighted by atomic mass is 9.93. The van der Waals surface area contributed by atoms with E-state index in [9.17, 15) is 0 Å². The highest BCUT2D eigenvalue weighted by Gasteiger charge is 2.19. The average molecular weight is 878 g/mol. The summed E-state index contributed by atoms with van der Waals surface area (Å²) in [5.74, 6) is 0.651. The predicted octanol–water partition coefficient (Wildman–Crippen LogP) is 17.7. The molecule has 0 aliphatic rings. The lowest BCUT2D eigenvalue weighted by molar-refractivity contribution is 0.670. The summed E-state index contributed by atoms with van der Waals surface area (Å²) in [5, 5.41) is 4.34. The van der Waals surface area contributed by atoms with Crippen LogP contribution in [0.15, 0.2) is 247 Å². The van der Waals surface area contributed by atoms with E-state index in [0.29, 0.717) is 5.82 Å². The SMILES string of the molecule is C=CC.C=CC.c1ccc(-c2nc(-c3ccc(-c4ccc(-c5ccccn5)cc4)cc3)cc(-c3cc(-c4cccc5c4oc4ccccc45)cc(-c4cccc5c4oc4ccccc45)c3)n2)cc1. The highest BCUT2D eigenvalue weighted by atomic mass is 16.3. The van der Waals surface area contributed by atoms with Gasteiger partial charge in [0.15, 0.2) is 5.82 Å². The highest BCUT2D eigenvalue weighted by molar-refractivity contribution is 6.11. The van der Waals surface area contributed by atoms with Crippen LogP contribution in [0.3, 0.4) is 0 Å². The zero-order valence-electron chi connectivity index (χ0n) is 37.9. The molecule has 5 nitrogen and oxygen atoms in total. The van der Waals surface area contributed by atoms with Crippen LogP contribution in [-0.2, 0) is 0 Å². The second kappa shape index (κ2) is 19.3. The Bertz CT molecular complexity index is 3580. The zero-order valence-corrected chi connectivity index (χ0v) is 37.9. The van der Waals surface area contributed by atoms with Crippen LogP contribution in [0.2, 0.25) is 0 Å². The molecule has 0 N–H and O–H groups in total. The van der Waals surface area contributed by atoms with E-state index in [4.69, 9.17) is 18.8 Å². The van der Waals surface area contributed by atoms with Crippen molar-refractivity contribution in [3.05, 3.63) is 238 Å². The van der Waals surface area contributed by atoms with E-state index in [2.05, 4.69) is 164 Å². The van der Waals surface area contributed by atoms with Gasteiger partial charge in [-0.2, -0.15) is 0 Å². The van der Waals surface area contributed by atoms with E-state index in [1.807, 2.05) is 80.7 Å². The zero-order chi connectivity index (χ0) is 46.4. The number of allylic oxidation sites excluding steroid dienone is 2. The Hall–Kier alpha value is -8.93. The van der Waals surface area contributed by atoms with Crippen molar-refractivity contribution in [1.82, 2.24) is 15.0 Å². The number of hydrogen-bond acceptors (Lipinski definition) is 5. The first kappa shape index (κ1) is 43.0. The lowest BCUT2D eigenvalue weighted by Gasteiger charge is -2.14. The Kier molecular flexibility index (Phi) is 12.2. The number of benzene rings is 8. The minimum Gasteiger partial charge on any atom is -0.455 e. The normalized spacial score (nSPS) is 10.9. The van der Waals surface area contributed by atoms with Crippen molar-refractivity contribution in [3.8, 4) is 78.5 Å². The summed E-state index contributed by atoms with van der Waals surface area (Å²) in [6.07, 6.45) is 5.32. The molecule has 4 heterocycles. The minimum absolute atomic E-state index is 0.651. The fourth-order valence-electron chi connectivity index (χ4n) is 8.70. The topological polar surface area (TPSA) is 65.0 Å². The van der Waals surface area contributed by atoms with E-state index in [1.54, 1.807) is 12.2 Å². The number of aromatic nitrogens is 3. The van der Waals surface area contributed by atoms with Gasteiger partial charge in [0, 0.05) is 61.1 Å². The van der Waals surface area contributed by atoms with E-state index in [-0.39, 0.29) is 0 Å². The minimum atomic E-state index is 0.651. The molecule has 0 radical (unpaired) electrons. The van der Waals surface area contributed by atoms with Crippen molar-refractivity contribution in [2.24, 2.45) is 0 Å². The fourth-order valence-corrected chi connectivity index (χ4v) is 8.70. The molecule has 5 heteroatoms. The molecule has 0 bridgehead atoms. The van der Waals surface area contributed by atoms with Gasteiger partial charge in [-0.1, -0.05) is 170 Å². The summed E-state index contributed by atoms with van der Waals surface area (Å²) in [6, 6.07) is 71.4. The highest BCUT2D eigenvalue weighted by Crippen LogP contribution is 2.42. The van der Waals surface area contributed by atoms with Crippen molar-refractivity contribution in [1.29, 1.82) is 0 Å². The van der Waals surface area contributed by atoms with Crippen molar-refractivity contribution in [3.63, 3.8) is 0 Å². The largest absolute Gasteiger partial charge is 0.455 e. The van der Waals surface area contributed by atoms with Crippen molar-refractivity contribution in [2.75, 3.05) is 0 Å². The monoisotopic (exact) mass is 877 g/mol. The van der Waals surface area contributed by atoms with Crippen LogP contribution >= 0.6 is 0 Å². The quantitative estimate of drug-likeness (QED) is 0.149. The summed E-state index contributed by atoms with van der Waals surface area (Å²) in [7, 11) is 0. The van der Waals surface area contributed by atoms with Gasteiger partial charge < -0.3 is 8.83 Å². The first-order valence-corrected chi connectivity index (χ1v) is 22.7. The first-order valence-electron chi connectivity index (χ1n) is 22.7. The summed E-state index contributed by atoms with van der Waals surface area (Å²) >= 11 is 0. The summed E-state index contributed by atoms with van der Waals surface area (Å²) < 4.78 is 13.2. The maximum absolute atomic E-state index is 6.61. The molecular formula is C63H47N3O2. The van der Waals surface area contributed by atoms with Gasteiger partial charge in [0.05, 0.1) is 17.1 Å². The third kappa shape index (κ3) is 8.53. The maximum atomic E-state index is 6.61. The molecule has 0 saturated carbocycles. The van der Waals surface area contributed by atoms with Crippen LogP contribution in [0, 0.1) is 0 Å². The van der Waals surface area contributed by atoms with E-state index in [1.165, 1.54) is 0 Å². The summed E-state index contributed by atoms with van der Waals surface area (Å²) in [6.45, 7) is 10.5. The molecule has 0 atom stereocenters. The lowest BCUT2D eigenvalue weighted by Crippen LogP contribution is -1.96. The molecule has 68 heavy (non-hydrogen) atoms.